The molecule has 17 heavy (non-hydrogen) atoms. The minimum absolute atomic E-state index is 0.808. The van der Waals surface area contributed by atoms with Crippen LogP contribution in [0.2, 0.25) is 33.0 Å². The minimum atomic E-state index is -1.88. The maximum atomic E-state index is 4.16. The van der Waals surface area contributed by atoms with Gasteiger partial charge in [-0.1, -0.05) is 0 Å². The van der Waals surface area contributed by atoms with Crippen molar-refractivity contribution in [2.24, 2.45) is 11.8 Å². The van der Waals surface area contributed by atoms with Gasteiger partial charge in [0.25, 0.3) is 0 Å². The summed E-state index contributed by atoms with van der Waals surface area (Å²) in [6, 6.07) is 0. The molecule has 0 nitrogen and oxygen atoms in total. The Kier molecular flexibility index (Phi) is 8.06. The summed E-state index contributed by atoms with van der Waals surface area (Å²) in [5.41, 5.74) is 3.53. The van der Waals surface area contributed by atoms with E-state index in [0.717, 1.165) is 11.8 Å². The molecule has 0 spiro atoms. The average Bonchev–Trinajstić information content (AvgIpc) is 1.95. The standard InChI is InChI=1S/C14H29BrSiTe/c1-13(2)11-17(15,12-14(3)4)10-8-9-16(5,6)7/h13-14H,10-12H2,1-7H3. The Labute approximate surface area is 120 Å². The zero-order chi connectivity index (χ0) is 13.7. The SMILES string of the molecule is CC(C)C[Te](Br)(CC#C[Si](C)(C)C)CC(C)C. The number of rotatable bonds is 5. The Balaban J connectivity index is 4.63. The van der Waals surface area contributed by atoms with Gasteiger partial charge in [0, 0.05) is 0 Å². The van der Waals surface area contributed by atoms with E-state index in [1.807, 2.05) is 0 Å². The molecule has 0 fully saturated rings. The van der Waals surface area contributed by atoms with Crippen molar-refractivity contribution >= 4 is 36.8 Å². The molecule has 0 aliphatic heterocycles. The molecule has 0 aromatic carbocycles. The van der Waals surface area contributed by atoms with Gasteiger partial charge >= 0.3 is 121 Å². The summed E-state index contributed by atoms with van der Waals surface area (Å²) in [4.78, 5) is 0. The van der Waals surface area contributed by atoms with E-state index in [4.69, 9.17) is 0 Å². The van der Waals surface area contributed by atoms with E-state index in [1.165, 1.54) is 13.4 Å². The third-order valence-electron chi connectivity index (χ3n) is 2.06. The molecule has 0 saturated carbocycles. The summed E-state index contributed by atoms with van der Waals surface area (Å²) in [5, 5.41) is 0. The third kappa shape index (κ3) is 10.6. The Hall–Kier alpha value is 1.05. The Bertz CT molecular complexity index is 271. The van der Waals surface area contributed by atoms with Crippen LogP contribution in [0.3, 0.4) is 0 Å². The molecule has 0 aromatic heterocycles. The van der Waals surface area contributed by atoms with Crippen LogP contribution in [0.1, 0.15) is 27.7 Å². The van der Waals surface area contributed by atoms with Crippen molar-refractivity contribution in [3.8, 4) is 11.5 Å². The molecule has 0 aliphatic rings. The summed E-state index contributed by atoms with van der Waals surface area (Å²) >= 11 is 2.28. The van der Waals surface area contributed by atoms with E-state index in [9.17, 15) is 0 Å². The molecule has 0 radical (unpaired) electrons. The van der Waals surface area contributed by atoms with Gasteiger partial charge in [-0.15, -0.1) is 0 Å². The fourth-order valence-electron chi connectivity index (χ4n) is 1.81. The van der Waals surface area contributed by atoms with Gasteiger partial charge in [0.2, 0.25) is 0 Å². The fraction of sp³-hybridized carbons (Fsp3) is 0.857. The summed E-state index contributed by atoms with van der Waals surface area (Å²) in [5.74, 6) is 5.14. The second-order valence-corrected chi connectivity index (χ2v) is 28.8. The first-order valence-electron chi connectivity index (χ1n) is 6.50. The maximum absolute atomic E-state index is 4.16. The first-order chi connectivity index (χ1) is 7.54. The molecular formula is C14H29BrSiTe. The molecule has 0 atom stereocenters. The number of hydrogen-bond acceptors (Lipinski definition) is 0. The third-order valence-corrected chi connectivity index (χ3v) is 17.2. The zero-order valence-electron chi connectivity index (χ0n) is 12.6. The van der Waals surface area contributed by atoms with Crippen LogP contribution in [0.5, 0.6) is 0 Å². The molecule has 0 aromatic rings. The van der Waals surface area contributed by atoms with E-state index in [1.54, 1.807) is 0 Å². The van der Waals surface area contributed by atoms with Crippen molar-refractivity contribution in [1.29, 1.82) is 0 Å². The van der Waals surface area contributed by atoms with E-state index in [2.05, 4.69) is 71.6 Å². The van der Waals surface area contributed by atoms with Gasteiger partial charge in [0.05, 0.1) is 0 Å². The van der Waals surface area contributed by atoms with E-state index in [-0.39, 0.29) is 0 Å². The normalized spacial score (nSPS) is 13.8. The van der Waals surface area contributed by atoms with Gasteiger partial charge in [-0.05, 0) is 0 Å². The molecule has 0 heterocycles. The van der Waals surface area contributed by atoms with Crippen molar-refractivity contribution in [3.63, 3.8) is 0 Å². The van der Waals surface area contributed by atoms with Gasteiger partial charge in [-0.3, -0.25) is 0 Å². The van der Waals surface area contributed by atoms with Gasteiger partial charge < -0.3 is 0 Å². The fourth-order valence-corrected chi connectivity index (χ4v) is 19.5. The summed E-state index contributed by atoms with van der Waals surface area (Å²) < 4.78 is 3.99. The van der Waals surface area contributed by atoms with Crippen LogP contribution < -0.4 is 0 Å². The summed E-state index contributed by atoms with van der Waals surface area (Å²) in [6.07, 6.45) is 0. The van der Waals surface area contributed by atoms with Crippen LogP contribution in [-0.4, -0.2) is 24.0 Å². The first kappa shape index (κ1) is 18.0. The quantitative estimate of drug-likeness (QED) is 0.396. The van der Waals surface area contributed by atoms with Crippen molar-refractivity contribution in [3.05, 3.63) is 0 Å². The number of halogens is 1. The Morgan fingerprint density at radius 2 is 1.41 bits per heavy atom. The van der Waals surface area contributed by atoms with Crippen LogP contribution in [0.15, 0.2) is 0 Å². The van der Waals surface area contributed by atoms with Crippen molar-refractivity contribution < 1.29 is 0 Å². The van der Waals surface area contributed by atoms with Crippen LogP contribution >= 0.6 is 12.8 Å². The molecular weight excluding hydrogens is 404 g/mol. The predicted octanol–water partition coefficient (Wildman–Crippen LogP) is 5.52. The topological polar surface area (TPSA) is 0 Å². The van der Waals surface area contributed by atoms with Gasteiger partial charge in [0.1, 0.15) is 0 Å². The van der Waals surface area contributed by atoms with E-state index >= 15 is 0 Å². The molecule has 0 aliphatic carbocycles. The van der Waals surface area contributed by atoms with E-state index < -0.39 is 24.0 Å². The van der Waals surface area contributed by atoms with E-state index in [0.29, 0.717) is 0 Å². The second kappa shape index (κ2) is 7.59. The Morgan fingerprint density at radius 3 is 1.71 bits per heavy atom. The molecule has 0 amide bonds. The first-order valence-corrected chi connectivity index (χ1v) is 20.2. The Morgan fingerprint density at radius 1 is 1.00 bits per heavy atom. The molecule has 3 heteroatoms. The van der Waals surface area contributed by atoms with Crippen molar-refractivity contribution in [1.82, 2.24) is 0 Å². The van der Waals surface area contributed by atoms with Crippen LogP contribution in [0.25, 0.3) is 0 Å². The molecule has 0 unspecified atom stereocenters. The van der Waals surface area contributed by atoms with Gasteiger partial charge in [-0.25, -0.2) is 0 Å². The monoisotopic (exact) mass is 434 g/mol. The van der Waals surface area contributed by atoms with Gasteiger partial charge in [0.15, 0.2) is 0 Å². The second-order valence-electron chi connectivity index (χ2n) is 6.76. The average molecular weight is 433 g/mol. The predicted molar refractivity (Wildman–Crippen MR) is 89.9 cm³/mol. The van der Waals surface area contributed by atoms with Crippen molar-refractivity contribution in [2.45, 2.75) is 60.7 Å². The van der Waals surface area contributed by atoms with Gasteiger partial charge in [-0.2, -0.15) is 0 Å². The molecule has 0 saturated heterocycles. The van der Waals surface area contributed by atoms with Crippen LogP contribution in [0, 0.1) is 23.3 Å². The molecule has 0 bridgehead atoms. The summed E-state index contributed by atoms with van der Waals surface area (Å²) in [6.45, 7) is 16.3. The van der Waals surface area contributed by atoms with Crippen molar-refractivity contribution in [2.75, 3.05) is 0 Å². The number of hydrogen-bond donors (Lipinski definition) is 0. The van der Waals surface area contributed by atoms with Crippen LogP contribution in [-0.2, 0) is 0 Å². The molecule has 0 rings (SSSR count). The van der Waals surface area contributed by atoms with Crippen LogP contribution in [0.4, 0.5) is 0 Å². The zero-order valence-corrected chi connectivity index (χ0v) is 17.5. The molecule has 0 N–H and O–H groups in total. The summed E-state index contributed by atoms with van der Waals surface area (Å²) in [7, 11) is -1.19. The molecule has 102 valence electrons.